The number of anilines is 1. The van der Waals surface area contributed by atoms with Crippen LogP contribution in [0.5, 0.6) is 0 Å². The van der Waals surface area contributed by atoms with Crippen LogP contribution in [0.3, 0.4) is 0 Å². The van der Waals surface area contributed by atoms with Gasteiger partial charge in [0.1, 0.15) is 6.04 Å². The van der Waals surface area contributed by atoms with Crippen LogP contribution in [0.4, 0.5) is 10.5 Å². The van der Waals surface area contributed by atoms with Crippen molar-refractivity contribution in [3.63, 3.8) is 0 Å². The number of urea groups is 1. The van der Waals surface area contributed by atoms with Crippen LogP contribution in [-0.2, 0) is 4.79 Å². The van der Waals surface area contributed by atoms with Crippen molar-refractivity contribution in [2.45, 2.75) is 44.2 Å². The molecule has 1 aliphatic carbocycles. The number of piperazine rings is 1. The lowest BCUT2D eigenvalue weighted by atomic mass is 9.96. The Morgan fingerprint density at radius 3 is 2.70 bits per heavy atom. The molecule has 0 aromatic heterocycles. The highest BCUT2D eigenvalue weighted by atomic mass is 79.9. The number of rotatable bonds is 1. The van der Waals surface area contributed by atoms with Crippen molar-refractivity contribution in [3.8, 4) is 0 Å². The summed E-state index contributed by atoms with van der Waals surface area (Å²) in [5.74, 6) is -0.429. The Balaban J connectivity index is 1.49. The zero-order valence-electron chi connectivity index (χ0n) is 15.0. The zero-order chi connectivity index (χ0) is 19.0. The third-order valence-electron chi connectivity index (χ3n) is 5.63. The zero-order valence-corrected chi connectivity index (χ0v) is 16.6. The number of fused-ring (bicyclic) bond motifs is 2. The number of nitrogens with zero attached hydrogens (tertiary/aromatic N) is 2. The van der Waals surface area contributed by atoms with Gasteiger partial charge in [-0.2, -0.15) is 0 Å². The number of carbonyl (C=O) groups is 3. The SMILES string of the molecule is O=C1Nc2ccc(Br)cc2C(=O)N2CCN(C(=O)NC3CCCCC3)CC12. The van der Waals surface area contributed by atoms with Crippen LogP contribution >= 0.6 is 15.9 Å². The molecular weight excluding hydrogens is 412 g/mol. The van der Waals surface area contributed by atoms with E-state index in [0.717, 1.165) is 30.2 Å². The quantitative estimate of drug-likeness (QED) is 0.712. The fourth-order valence-corrected chi connectivity index (χ4v) is 4.48. The summed E-state index contributed by atoms with van der Waals surface area (Å²) in [6, 6.07) is 4.65. The summed E-state index contributed by atoms with van der Waals surface area (Å²) in [7, 11) is 0. The summed E-state index contributed by atoms with van der Waals surface area (Å²) in [6.45, 7) is 0.990. The van der Waals surface area contributed by atoms with Gasteiger partial charge < -0.3 is 20.4 Å². The molecule has 27 heavy (non-hydrogen) atoms. The highest BCUT2D eigenvalue weighted by Crippen LogP contribution is 2.28. The van der Waals surface area contributed by atoms with E-state index < -0.39 is 6.04 Å². The van der Waals surface area contributed by atoms with Crippen LogP contribution in [0, 0.1) is 0 Å². The van der Waals surface area contributed by atoms with E-state index in [0.29, 0.717) is 24.3 Å². The summed E-state index contributed by atoms with van der Waals surface area (Å²) in [5, 5.41) is 5.94. The smallest absolute Gasteiger partial charge is 0.317 e. The molecule has 1 aromatic rings. The summed E-state index contributed by atoms with van der Waals surface area (Å²) in [6.07, 6.45) is 5.54. The summed E-state index contributed by atoms with van der Waals surface area (Å²) in [4.78, 5) is 41.6. The Hall–Kier alpha value is -2.09. The average molecular weight is 435 g/mol. The average Bonchev–Trinajstić information content (AvgIpc) is 2.78. The van der Waals surface area contributed by atoms with Gasteiger partial charge in [0, 0.05) is 23.6 Å². The largest absolute Gasteiger partial charge is 0.335 e. The first-order valence-electron chi connectivity index (χ1n) is 9.50. The second-order valence-electron chi connectivity index (χ2n) is 7.42. The molecule has 1 aromatic carbocycles. The van der Waals surface area contributed by atoms with E-state index in [1.54, 1.807) is 28.0 Å². The predicted molar refractivity (Wildman–Crippen MR) is 105 cm³/mol. The molecule has 4 rings (SSSR count). The fraction of sp³-hybridized carbons (Fsp3) is 0.526. The molecule has 8 heteroatoms. The Labute approximate surface area is 166 Å². The van der Waals surface area contributed by atoms with Gasteiger partial charge in [-0.15, -0.1) is 0 Å². The molecule has 144 valence electrons. The minimum Gasteiger partial charge on any atom is -0.335 e. The third-order valence-corrected chi connectivity index (χ3v) is 6.13. The number of nitrogens with one attached hydrogen (secondary N) is 2. The summed E-state index contributed by atoms with van der Waals surface area (Å²) in [5.41, 5.74) is 0.987. The van der Waals surface area contributed by atoms with E-state index in [1.165, 1.54) is 6.42 Å². The molecule has 1 saturated heterocycles. The number of benzene rings is 1. The first-order chi connectivity index (χ1) is 13.0. The Morgan fingerprint density at radius 1 is 1.15 bits per heavy atom. The Bertz CT molecular complexity index is 778. The van der Waals surface area contributed by atoms with Gasteiger partial charge in [0.2, 0.25) is 5.91 Å². The molecule has 2 fully saturated rings. The Morgan fingerprint density at radius 2 is 1.93 bits per heavy atom. The molecule has 2 heterocycles. The lowest BCUT2D eigenvalue weighted by molar-refractivity contribution is -0.121. The fourth-order valence-electron chi connectivity index (χ4n) is 4.12. The molecule has 1 saturated carbocycles. The van der Waals surface area contributed by atoms with Crippen LogP contribution in [-0.4, -0.2) is 59.4 Å². The first kappa shape index (κ1) is 18.3. The topological polar surface area (TPSA) is 81.8 Å². The van der Waals surface area contributed by atoms with Gasteiger partial charge in [-0.25, -0.2) is 4.79 Å². The monoisotopic (exact) mass is 434 g/mol. The normalized spacial score (nSPS) is 23.2. The summed E-state index contributed by atoms with van der Waals surface area (Å²) >= 11 is 3.38. The molecule has 0 bridgehead atoms. The van der Waals surface area contributed by atoms with Gasteiger partial charge >= 0.3 is 6.03 Å². The molecule has 2 aliphatic heterocycles. The van der Waals surface area contributed by atoms with Gasteiger partial charge in [0.25, 0.3) is 5.91 Å². The molecule has 0 radical (unpaired) electrons. The summed E-state index contributed by atoms with van der Waals surface area (Å²) < 4.78 is 0.785. The number of halogens is 1. The maximum Gasteiger partial charge on any atom is 0.317 e. The number of amides is 4. The lowest BCUT2D eigenvalue weighted by Gasteiger charge is -2.40. The minimum absolute atomic E-state index is 0.133. The van der Waals surface area contributed by atoms with E-state index in [1.807, 2.05) is 0 Å². The molecule has 2 N–H and O–H groups in total. The van der Waals surface area contributed by atoms with Crippen molar-refractivity contribution in [2.24, 2.45) is 0 Å². The van der Waals surface area contributed by atoms with E-state index in [9.17, 15) is 14.4 Å². The first-order valence-corrected chi connectivity index (χ1v) is 10.3. The van der Waals surface area contributed by atoms with Crippen LogP contribution in [0.2, 0.25) is 0 Å². The maximum atomic E-state index is 13.0. The van der Waals surface area contributed by atoms with Crippen molar-refractivity contribution >= 4 is 39.5 Å². The van der Waals surface area contributed by atoms with Gasteiger partial charge in [0.05, 0.1) is 17.8 Å². The van der Waals surface area contributed by atoms with Crippen LogP contribution < -0.4 is 10.6 Å². The van der Waals surface area contributed by atoms with Gasteiger partial charge in [-0.1, -0.05) is 35.2 Å². The standard InChI is InChI=1S/C19H23BrN4O3/c20-12-6-7-15-14(10-12)18(26)24-9-8-23(11-16(24)17(25)22-15)19(27)21-13-4-2-1-3-5-13/h6-7,10,13,16H,1-5,8-9,11H2,(H,21,27)(H,22,25). The third kappa shape index (κ3) is 3.67. The minimum atomic E-state index is -0.672. The van der Waals surface area contributed by atoms with Gasteiger partial charge in [-0.05, 0) is 31.0 Å². The lowest BCUT2D eigenvalue weighted by Crippen LogP contribution is -2.61. The van der Waals surface area contributed by atoms with Crippen LogP contribution in [0.15, 0.2) is 22.7 Å². The van der Waals surface area contributed by atoms with Crippen molar-refractivity contribution in [2.75, 3.05) is 25.0 Å². The molecule has 1 atom stereocenters. The van der Waals surface area contributed by atoms with Crippen molar-refractivity contribution in [1.82, 2.24) is 15.1 Å². The van der Waals surface area contributed by atoms with Crippen LogP contribution in [0.25, 0.3) is 0 Å². The second-order valence-corrected chi connectivity index (χ2v) is 8.34. The number of hydrogen-bond donors (Lipinski definition) is 2. The van der Waals surface area contributed by atoms with Gasteiger partial charge in [-0.3, -0.25) is 9.59 Å². The molecular formula is C19H23BrN4O3. The second kappa shape index (κ2) is 7.50. The van der Waals surface area contributed by atoms with Crippen molar-refractivity contribution in [1.29, 1.82) is 0 Å². The predicted octanol–water partition coefficient (Wildman–Crippen LogP) is 2.57. The highest BCUT2D eigenvalue weighted by molar-refractivity contribution is 9.10. The maximum absolute atomic E-state index is 13.0. The molecule has 3 aliphatic rings. The molecule has 0 spiro atoms. The number of hydrogen-bond acceptors (Lipinski definition) is 3. The van der Waals surface area contributed by atoms with E-state index in [2.05, 4.69) is 26.6 Å². The van der Waals surface area contributed by atoms with Gasteiger partial charge in [0.15, 0.2) is 0 Å². The number of carbonyl (C=O) groups excluding carboxylic acids is 3. The molecule has 1 unspecified atom stereocenters. The van der Waals surface area contributed by atoms with Crippen molar-refractivity contribution in [3.05, 3.63) is 28.2 Å². The van der Waals surface area contributed by atoms with Crippen molar-refractivity contribution < 1.29 is 14.4 Å². The highest BCUT2D eigenvalue weighted by Gasteiger charge is 2.40. The van der Waals surface area contributed by atoms with E-state index in [-0.39, 0.29) is 30.4 Å². The van der Waals surface area contributed by atoms with E-state index in [4.69, 9.17) is 0 Å². The Kier molecular flexibility index (Phi) is 5.08. The molecule has 4 amide bonds. The van der Waals surface area contributed by atoms with E-state index >= 15 is 0 Å². The molecule has 7 nitrogen and oxygen atoms in total. The van der Waals surface area contributed by atoms with Crippen LogP contribution in [0.1, 0.15) is 42.5 Å².